The Morgan fingerprint density at radius 2 is 2.03 bits per heavy atom. The van der Waals surface area contributed by atoms with Gasteiger partial charge in [0.2, 0.25) is 5.91 Å². The largest absolute Gasteiger partial charge is 0.489 e. The van der Waals surface area contributed by atoms with Gasteiger partial charge in [-0.1, -0.05) is 25.1 Å². The van der Waals surface area contributed by atoms with Crippen molar-refractivity contribution in [1.29, 1.82) is 0 Å². The van der Waals surface area contributed by atoms with Gasteiger partial charge in [-0.25, -0.2) is 4.98 Å². The molecule has 7 nitrogen and oxygen atoms in total. The number of amides is 1. The van der Waals surface area contributed by atoms with Crippen LogP contribution < -0.4 is 10.3 Å². The van der Waals surface area contributed by atoms with Gasteiger partial charge in [-0.05, 0) is 50.1 Å². The first kappa shape index (κ1) is 21.9. The van der Waals surface area contributed by atoms with Gasteiger partial charge in [0.15, 0.2) is 0 Å². The highest BCUT2D eigenvalue weighted by Gasteiger charge is 2.28. The molecule has 3 aliphatic rings. The molecule has 174 valence electrons. The van der Waals surface area contributed by atoms with Crippen LogP contribution in [0.25, 0.3) is 6.08 Å². The van der Waals surface area contributed by atoms with Crippen LogP contribution in [0, 0.1) is 0 Å². The summed E-state index contributed by atoms with van der Waals surface area (Å²) in [5.74, 6) is 2.18. The molecule has 1 N–H and O–H groups in total. The predicted octanol–water partition coefficient (Wildman–Crippen LogP) is 3.11. The highest BCUT2D eigenvalue weighted by molar-refractivity contribution is 5.76. The molecule has 7 heteroatoms. The van der Waals surface area contributed by atoms with E-state index in [0.717, 1.165) is 61.7 Å². The van der Waals surface area contributed by atoms with Crippen LogP contribution in [0.5, 0.6) is 5.75 Å². The van der Waals surface area contributed by atoms with Crippen LogP contribution in [-0.2, 0) is 17.8 Å². The Morgan fingerprint density at radius 3 is 2.85 bits per heavy atom. The summed E-state index contributed by atoms with van der Waals surface area (Å²) in [6, 6.07) is 8.16. The minimum atomic E-state index is -0.0744. The maximum Gasteiger partial charge on any atom is 0.256 e. The smallest absolute Gasteiger partial charge is 0.256 e. The molecule has 0 aliphatic carbocycles. The van der Waals surface area contributed by atoms with E-state index in [1.165, 1.54) is 5.57 Å². The fourth-order valence-corrected chi connectivity index (χ4v) is 5.13. The Bertz CT molecular complexity index is 1110. The van der Waals surface area contributed by atoms with Gasteiger partial charge in [0.25, 0.3) is 5.56 Å². The molecule has 4 heterocycles. The monoisotopic (exact) mass is 448 g/mol. The fourth-order valence-electron chi connectivity index (χ4n) is 5.13. The van der Waals surface area contributed by atoms with Crippen molar-refractivity contribution in [3.05, 3.63) is 62.8 Å². The van der Waals surface area contributed by atoms with E-state index in [1.807, 2.05) is 25.1 Å². The van der Waals surface area contributed by atoms with Crippen LogP contribution in [0.15, 0.2) is 34.6 Å². The number of aromatic amines is 1. The first-order valence-corrected chi connectivity index (χ1v) is 12.1. The van der Waals surface area contributed by atoms with Crippen molar-refractivity contribution >= 4 is 12.0 Å². The van der Waals surface area contributed by atoms with Gasteiger partial charge >= 0.3 is 0 Å². The molecule has 1 amide bonds. The Hall–Kier alpha value is -2.93. The number of likely N-dealkylation sites (tertiary alicyclic amines) is 1. The van der Waals surface area contributed by atoms with Crippen molar-refractivity contribution < 1.29 is 9.53 Å². The zero-order valence-electron chi connectivity index (χ0n) is 19.3. The van der Waals surface area contributed by atoms with E-state index in [4.69, 9.17) is 9.72 Å². The Labute approximate surface area is 194 Å². The molecular weight excluding hydrogens is 416 g/mol. The van der Waals surface area contributed by atoms with Gasteiger partial charge < -0.3 is 14.6 Å². The highest BCUT2D eigenvalue weighted by Crippen LogP contribution is 2.29. The molecule has 1 saturated heterocycles. The van der Waals surface area contributed by atoms with Crippen LogP contribution >= 0.6 is 0 Å². The lowest BCUT2D eigenvalue weighted by atomic mass is 9.94. The molecule has 2 aromatic rings. The number of piperidine rings is 1. The molecule has 1 fully saturated rings. The van der Waals surface area contributed by atoms with Crippen LogP contribution in [0.1, 0.15) is 61.2 Å². The number of H-pyrrole nitrogens is 1. The predicted molar refractivity (Wildman–Crippen MR) is 127 cm³/mol. The first-order chi connectivity index (χ1) is 16.1. The lowest BCUT2D eigenvalue weighted by Crippen LogP contribution is -2.40. The third kappa shape index (κ3) is 4.74. The van der Waals surface area contributed by atoms with Crippen molar-refractivity contribution in [2.24, 2.45) is 0 Å². The minimum Gasteiger partial charge on any atom is -0.489 e. The van der Waals surface area contributed by atoms with E-state index in [2.05, 4.69) is 22.0 Å². The molecule has 3 aliphatic heterocycles. The molecule has 1 aromatic heterocycles. The summed E-state index contributed by atoms with van der Waals surface area (Å²) in [4.78, 5) is 37.2. The molecule has 1 aromatic carbocycles. The number of para-hydroxylation sites is 1. The maximum atomic E-state index is 12.8. The molecule has 0 atom stereocenters. The standard InChI is InChI=1S/C26H32N4O3/c1-2-5-24(31)30-13-10-22-21(16-30)26(32)28-25(27-22)19-8-11-29(12-9-19)15-18-14-20-6-3-4-7-23(20)33-17-18/h3-4,6-7,14,19H,2,5,8-13,15-17H2,1H3,(H,27,28,32). The van der Waals surface area contributed by atoms with Crippen molar-refractivity contribution in [3.8, 4) is 5.75 Å². The van der Waals surface area contributed by atoms with Crippen molar-refractivity contribution in [3.63, 3.8) is 0 Å². The summed E-state index contributed by atoms with van der Waals surface area (Å²) in [7, 11) is 0. The van der Waals surface area contributed by atoms with E-state index in [1.54, 1.807) is 4.90 Å². The van der Waals surface area contributed by atoms with Gasteiger partial charge in [0.1, 0.15) is 18.2 Å². The minimum absolute atomic E-state index is 0.0744. The average Bonchev–Trinajstić information content (AvgIpc) is 2.84. The Morgan fingerprint density at radius 1 is 1.21 bits per heavy atom. The number of aromatic nitrogens is 2. The van der Waals surface area contributed by atoms with E-state index in [9.17, 15) is 9.59 Å². The second-order valence-corrected chi connectivity index (χ2v) is 9.37. The highest BCUT2D eigenvalue weighted by atomic mass is 16.5. The summed E-state index contributed by atoms with van der Waals surface area (Å²) < 4.78 is 5.90. The molecule has 0 unspecified atom stereocenters. The number of nitrogens with zero attached hydrogens (tertiary/aromatic N) is 3. The Kier molecular flexibility index (Phi) is 6.31. The molecule has 5 rings (SSSR count). The Balaban J connectivity index is 1.21. The van der Waals surface area contributed by atoms with Gasteiger partial charge in [-0.3, -0.25) is 14.5 Å². The number of carbonyl (C=O) groups is 1. The zero-order chi connectivity index (χ0) is 22.8. The number of benzene rings is 1. The van der Waals surface area contributed by atoms with Crippen LogP contribution in [0.4, 0.5) is 0 Å². The van der Waals surface area contributed by atoms with E-state index >= 15 is 0 Å². The molecule has 0 saturated carbocycles. The lowest BCUT2D eigenvalue weighted by molar-refractivity contribution is -0.132. The second kappa shape index (κ2) is 9.51. The van der Waals surface area contributed by atoms with Crippen LogP contribution in [0.3, 0.4) is 0 Å². The summed E-state index contributed by atoms with van der Waals surface area (Å²) >= 11 is 0. The first-order valence-electron chi connectivity index (χ1n) is 12.1. The molecule has 0 spiro atoms. The number of hydrogen-bond acceptors (Lipinski definition) is 5. The number of hydrogen-bond donors (Lipinski definition) is 1. The topological polar surface area (TPSA) is 78.5 Å². The van der Waals surface area contributed by atoms with Crippen molar-refractivity contribution in [1.82, 2.24) is 19.8 Å². The number of rotatable bonds is 5. The fraction of sp³-hybridized carbons (Fsp3) is 0.500. The normalized spacial score (nSPS) is 18.8. The van der Waals surface area contributed by atoms with E-state index in [-0.39, 0.29) is 17.4 Å². The van der Waals surface area contributed by atoms with E-state index in [0.29, 0.717) is 38.1 Å². The zero-order valence-corrected chi connectivity index (χ0v) is 19.3. The maximum absolute atomic E-state index is 12.8. The summed E-state index contributed by atoms with van der Waals surface area (Å²) in [5, 5.41) is 0. The lowest BCUT2D eigenvalue weighted by Gasteiger charge is -2.33. The van der Waals surface area contributed by atoms with Gasteiger partial charge in [0.05, 0.1) is 17.8 Å². The van der Waals surface area contributed by atoms with Crippen LogP contribution in [-0.4, -0.2) is 58.5 Å². The quantitative estimate of drug-likeness (QED) is 0.761. The van der Waals surface area contributed by atoms with Gasteiger partial charge in [-0.2, -0.15) is 0 Å². The molecule has 0 radical (unpaired) electrons. The third-order valence-electron chi connectivity index (χ3n) is 7.00. The number of ether oxygens (including phenoxy) is 1. The van der Waals surface area contributed by atoms with Gasteiger partial charge in [-0.15, -0.1) is 0 Å². The van der Waals surface area contributed by atoms with Crippen molar-refractivity contribution in [2.45, 2.75) is 51.5 Å². The molecule has 33 heavy (non-hydrogen) atoms. The SMILES string of the molecule is CCCC(=O)N1CCc2nc(C3CCN(CC4=Cc5ccccc5OC4)CC3)[nH]c(=O)c2C1. The number of carbonyl (C=O) groups excluding carboxylic acids is 1. The summed E-state index contributed by atoms with van der Waals surface area (Å²) in [5.41, 5.74) is 3.92. The average molecular weight is 449 g/mol. The number of fused-ring (bicyclic) bond motifs is 2. The number of nitrogens with one attached hydrogen (secondary N) is 1. The van der Waals surface area contributed by atoms with Gasteiger partial charge in [0, 0.05) is 37.4 Å². The molecular formula is C26H32N4O3. The third-order valence-corrected chi connectivity index (χ3v) is 7.00. The van der Waals surface area contributed by atoms with E-state index < -0.39 is 0 Å². The summed E-state index contributed by atoms with van der Waals surface area (Å²) in [6.45, 7) is 6.55. The van der Waals surface area contributed by atoms with Crippen molar-refractivity contribution in [2.75, 3.05) is 32.8 Å². The van der Waals surface area contributed by atoms with Crippen LogP contribution in [0.2, 0.25) is 0 Å². The summed E-state index contributed by atoms with van der Waals surface area (Å²) in [6.07, 6.45) is 6.23. The molecule has 0 bridgehead atoms. The second-order valence-electron chi connectivity index (χ2n) is 9.37.